The monoisotopic (exact) mass is 508 g/mol. The maximum atomic E-state index is 12.9. The number of benzene rings is 4. The topological polar surface area (TPSA) is 80.3 Å². The Balaban J connectivity index is 1.33. The van der Waals surface area contributed by atoms with Gasteiger partial charge in [-0.3, -0.25) is 4.79 Å². The summed E-state index contributed by atoms with van der Waals surface area (Å²) in [6.45, 7) is 0. The Labute approximate surface area is 219 Å². The number of ketones is 1. The van der Waals surface area contributed by atoms with Gasteiger partial charge in [-0.15, -0.1) is 0 Å². The maximum Gasteiger partial charge on any atom is 0.343 e. The van der Waals surface area contributed by atoms with Crippen LogP contribution in [0.3, 0.4) is 0 Å². The van der Waals surface area contributed by atoms with Crippen molar-refractivity contribution in [3.63, 3.8) is 0 Å². The highest BCUT2D eigenvalue weighted by Crippen LogP contribution is 2.39. The fourth-order valence-electron chi connectivity index (χ4n) is 4.15. The molecule has 0 bridgehead atoms. The molecule has 0 unspecified atom stereocenters. The largest absolute Gasteiger partial charge is 0.493 e. The highest BCUT2D eigenvalue weighted by molar-refractivity contribution is 6.14. The molecule has 0 aromatic heterocycles. The van der Waals surface area contributed by atoms with Crippen molar-refractivity contribution >= 4 is 17.8 Å². The molecule has 0 fully saturated rings. The Kier molecular flexibility index (Phi) is 6.82. The smallest absolute Gasteiger partial charge is 0.343 e. The van der Waals surface area contributed by atoms with Crippen LogP contribution in [-0.2, 0) is 0 Å². The first kappa shape index (κ1) is 24.6. The molecule has 5 rings (SSSR count). The van der Waals surface area contributed by atoms with Gasteiger partial charge in [0.05, 0.1) is 32.5 Å². The summed E-state index contributed by atoms with van der Waals surface area (Å²) in [7, 11) is 4.40. The Morgan fingerprint density at radius 1 is 0.763 bits per heavy atom. The van der Waals surface area contributed by atoms with Gasteiger partial charge in [-0.1, -0.05) is 54.6 Å². The van der Waals surface area contributed by atoms with Gasteiger partial charge in [0.1, 0.15) is 11.5 Å². The number of hydrogen-bond acceptors (Lipinski definition) is 7. The number of methoxy groups -OCH3 is 3. The van der Waals surface area contributed by atoms with Crippen LogP contribution >= 0.6 is 0 Å². The third-order valence-electron chi connectivity index (χ3n) is 6.07. The third-order valence-corrected chi connectivity index (χ3v) is 6.07. The first-order chi connectivity index (χ1) is 18.5. The van der Waals surface area contributed by atoms with Crippen molar-refractivity contribution in [2.75, 3.05) is 21.3 Å². The molecule has 38 heavy (non-hydrogen) atoms. The normalized spacial score (nSPS) is 13.0. The molecule has 0 saturated carbocycles. The number of esters is 1. The molecule has 0 aliphatic carbocycles. The number of ether oxygens (including phenoxy) is 5. The summed E-state index contributed by atoms with van der Waals surface area (Å²) in [6, 6.07) is 25.5. The minimum absolute atomic E-state index is 0.195. The lowest BCUT2D eigenvalue weighted by Crippen LogP contribution is -2.09. The van der Waals surface area contributed by atoms with Gasteiger partial charge in [0.25, 0.3) is 0 Å². The second kappa shape index (κ2) is 10.5. The summed E-state index contributed by atoms with van der Waals surface area (Å²) in [5, 5.41) is 0. The Morgan fingerprint density at radius 3 is 2.05 bits per heavy atom. The van der Waals surface area contributed by atoms with Crippen molar-refractivity contribution in [2.45, 2.75) is 0 Å². The van der Waals surface area contributed by atoms with Gasteiger partial charge in [0, 0.05) is 6.07 Å². The van der Waals surface area contributed by atoms with Gasteiger partial charge in [-0.05, 0) is 47.0 Å². The van der Waals surface area contributed by atoms with E-state index < -0.39 is 5.97 Å². The SMILES string of the molecule is COc1cc(C(=O)Oc2ccc3c(c2)OC(=Cc2ccc(-c4ccccc4)cc2)C3=O)cc(OC)c1OC. The van der Waals surface area contributed by atoms with Gasteiger partial charge >= 0.3 is 5.97 Å². The minimum Gasteiger partial charge on any atom is -0.493 e. The van der Waals surface area contributed by atoms with Crippen LogP contribution in [0, 0.1) is 0 Å². The number of Topliss-reactive ketones (excluding diaryl/α,β-unsaturated/α-hetero) is 1. The molecule has 4 aromatic rings. The van der Waals surface area contributed by atoms with E-state index in [9.17, 15) is 9.59 Å². The van der Waals surface area contributed by atoms with Crippen molar-refractivity contribution in [3.8, 4) is 39.9 Å². The van der Waals surface area contributed by atoms with Crippen molar-refractivity contribution in [1.82, 2.24) is 0 Å². The molecule has 1 heterocycles. The first-order valence-electron chi connectivity index (χ1n) is 11.8. The number of hydrogen-bond donors (Lipinski definition) is 0. The molecule has 0 saturated heterocycles. The molecular weight excluding hydrogens is 484 g/mol. The second-order valence-electron chi connectivity index (χ2n) is 8.39. The average molecular weight is 509 g/mol. The van der Waals surface area contributed by atoms with Crippen LogP contribution in [0.25, 0.3) is 17.2 Å². The predicted molar refractivity (Wildman–Crippen MR) is 142 cm³/mol. The fourth-order valence-corrected chi connectivity index (χ4v) is 4.15. The van der Waals surface area contributed by atoms with Crippen LogP contribution in [0.1, 0.15) is 26.3 Å². The standard InChI is InChI=1S/C31H24O7/c1-34-27-16-22(17-28(35-2)30(27)36-3)31(33)37-23-13-14-24-25(18-23)38-26(29(24)32)15-19-9-11-21(12-10-19)20-7-5-4-6-8-20/h4-18H,1-3H3. The van der Waals surface area contributed by atoms with Crippen molar-refractivity contribution < 1.29 is 33.3 Å². The van der Waals surface area contributed by atoms with E-state index in [4.69, 9.17) is 23.7 Å². The number of rotatable bonds is 7. The summed E-state index contributed by atoms with van der Waals surface area (Å²) in [5.74, 6) is 0.880. The summed E-state index contributed by atoms with van der Waals surface area (Å²) in [6.07, 6.45) is 1.69. The second-order valence-corrected chi connectivity index (χ2v) is 8.39. The zero-order chi connectivity index (χ0) is 26.6. The predicted octanol–water partition coefficient (Wildman–Crippen LogP) is 6.21. The van der Waals surface area contributed by atoms with E-state index in [0.717, 1.165) is 16.7 Å². The Hall–Kier alpha value is -5.04. The lowest BCUT2D eigenvalue weighted by atomic mass is 10.0. The molecule has 0 atom stereocenters. The van der Waals surface area contributed by atoms with Crippen LogP contribution in [0.4, 0.5) is 0 Å². The molecular formula is C31H24O7. The first-order valence-corrected chi connectivity index (χ1v) is 11.8. The van der Waals surface area contributed by atoms with Crippen molar-refractivity contribution in [3.05, 3.63) is 107 Å². The quantitative estimate of drug-likeness (QED) is 0.167. The van der Waals surface area contributed by atoms with Crippen LogP contribution in [0.15, 0.2) is 90.7 Å². The lowest BCUT2D eigenvalue weighted by Gasteiger charge is -2.13. The average Bonchev–Trinajstić information content (AvgIpc) is 3.26. The number of carbonyl (C=O) groups excluding carboxylic acids is 2. The van der Waals surface area contributed by atoms with E-state index in [1.54, 1.807) is 18.2 Å². The molecule has 1 aliphatic rings. The van der Waals surface area contributed by atoms with E-state index in [1.165, 1.54) is 39.5 Å². The van der Waals surface area contributed by atoms with E-state index in [0.29, 0.717) is 28.6 Å². The highest BCUT2D eigenvalue weighted by atomic mass is 16.5. The van der Waals surface area contributed by atoms with Gasteiger partial charge in [-0.25, -0.2) is 4.79 Å². The molecule has 7 heteroatoms. The zero-order valence-corrected chi connectivity index (χ0v) is 21.0. The lowest BCUT2D eigenvalue weighted by molar-refractivity contribution is 0.0733. The summed E-state index contributed by atoms with van der Waals surface area (Å²) in [4.78, 5) is 25.8. The summed E-state index contributed by atoms with van der Waals surface area (Å²) in [5.41, 5.74) is 3.62. The minimum atomic E-state index is -0.636. The number of allylic oxidation sites excluding steroid dienone is 1. The molecule has 4 aromatic carbocycles. The highest BCUT2D eigenvalue weighted by Gasteiger charge is 2.28. The summed E-state index contributed by atoms with van der Waals surface area (Å²) < 4.78 is 27.3. The Morgan fingerprint density at radius 2 is 1.42 bits per heavy atom. The van der Waals surface area contributed by atoms with E-state index in [-0.39, 0.29) is 22.9 Å². The molecule has 1 aliphatic heterocycles. The third kappa shape index (κ3) is 4.82. The van der Waals surface area contributed by atoms with Gasteiger partial charge in [0.2, 0.25) is 11.5 Å². The van der Waals surface area contributed by atoms with Crippen molar-refractivity contribution in [1.29, 1.82) is 0 Å². The fraction of sp³-hybridized carbons (Fsp3) is 0.0968. The number of fused-ring (bicyclic) bond motifs is 1. The van der Waals surface area contributed by atoms with Gasteiger partial charge in [-0.2, -0.15) is 0 Å². The van der Waals surface area contributed by atoms with Crippen LogP contribution in [0.5, 0.6) is 28.7 Å². The van der Waals surface area contributed by atoms with Crippen molar-refractivity contribution in [2.24, 2.45) is 0 Å². The molecule has 190 valence electrons. The molecule has 0 radical (unpaired) electrons. The van der Waals surface area contributed by atoms with E-state index in [1.807, 2.05) is 54.6 Å². The zero-order valence-electron chi connectivity index (χ0n) is 21.0. The van der Waals surface area contributed by atoms with Crippen LogP contribution < -0.4 is 23.7 Å². The number of carbonyl (C=O) groups is 2. The molecule has 7 nitrogen and oxygen atoms in total. The molecule has 0 spiro atoms. The van der Waals surface area contributed by atoms with Crippen LogP contribution in [0.2, 0.25) is 0 Å². The van der Waals surface area contributed by atoms with Gasteiger partial charge < -0.3 is 23.7 Å². The van der Waals surface area contributed by atoms with Gasteiger partial charge in [0.15, 0.2) is 17.3 Å². The summed E-state index contributed by atoms with van der Waals surface area (Å²) >= 11 is 0. The Bertz CT molecular complexity index is 1510. The maximum absolute atomic E-state index is 12.9. The molecule has 0 N–H and O–H groups in total. The van der Waals surface area contributed by atoms with Crippen LogP contribution in [-0.4, -0.2) is 33.1 Å². The van der Waals surface area contributed by atoms with E-state index in [2.05, 4.69) is 0 Å². The molecule has 0 amide bonds. The van der Waals surface area contributed by atoms with E-state index >= 15 is 0 Å².